The van der Waals surface area contributed by atoms with E-state index in [4.69, 9.17) is 5.11 Å². The fraction of sp³-hybridized carbons (Fsp3) is 0.167. The smallest absolute Gasteiger partial charge is 0.304 e. The van der Waals surface area contributed by atoms with Crippen molar-refractivity contribution in [3.63, 3.8) is 0 Å². The van der Waals surface area contributed by atoms with E-state index in [0.717, 1.165) is 0 Å². The van der Waals surface area contributed by atoms with Gasteiger partial charge in [0.25, 0.3) is 0 Å². The van der Waals surface area contributed by atoms with Crippen LogP contribution in [-0.2, 0) is 4.79 Å². The lowest BCUT2D eigenvalue weighted by Gasteiger charge is -2.13. The van der Waals surface area contributed by atoms with Gasteiger partial charge in [0.15, 0.2) is 11.6 Å². The molecule has 0 aliphatic heterocycles. The predicted octanol–water partition coefficient (Wildman–Crippen LogP) is 3.23. The van der Waals surface area contributed by atoms with Gasteiger partial charge in [-0.2, -0.15) is 0 Å². The number of hydrogen-bond acceptors (Lipinski definition) is 3. The molecule has 0 saturated heterocycles. The molecule has 1 N–H and O–H groups in total. The van der Waals surface area contributed by atoms with E-state index in [-0.39, 0.29) is 24.4 Å². The summed E-state index contributed by atoms with van der Waals surface area (Å²) in [7, 11) is 0. The summed E-state index contributed by atoms with van der Waals surface area (Å²) in [5.41, 5.74) is 0.911. The maximum absolute atomic E-state index is 12.4. The average Bonchev–Trinajstić information content (AvgIpc) is 2.54. The molecule has 1 atom stereocenters. The highest BCUT2D eigenvalue weighted by atomic mass is 16.4. The van der Waals surface area contributed by atoms with Gasteiger partial charge in [0.1, 0.15) is 0 Å². The zero-order valence-corrected chi connectivity index (χ0v) is 11.9. The summed E-state index contributed by atoms with van der Waals surface area (Å²) >= 11 is 0. The topological polar surface area (TPSA) is 71.4 Å². The quantitative estimate of drug-likeness (QED) is 0.796. The summed E-state index contributed by atoms with van der Waals surface area (Å²) < 4.78 is 0. The van der Waals surface area contributed by atoms with Gasteiger partial charge in [0, 0.05) is 23.5 Å². The molecular formula is C18H16O4. The van der Waals surface area contributed by atoms with E-state index in [0.29, 0.717) is 11.1 Å². The molecule has 0 aromatic heterocycles. The van der Waals surface area contributed by atoms with Crippen LogP contribution in [0.1, 0.15) is 33.6 Å². The second-order valence-corrected chi connectivity index (χ2v) is 5.02. The lowest BCUT2D eigenvalue weighted by atomic mass is 9.88. The lowest BCUT2D eigenvalue weighted by Crippen LogP contribution is -2.22. The van der Waals surface area contributed by atoms with Gasteiger partial charge >= 0.3 is 5.97 Å². The third-order valence-electron chi connectivity index (χ3n) is 3.38. The van der Waals surface area contributed by atoms with Crippen LogP contribution >= 0.6 is 0 Å². The summed E-state index contributed by atoms with van der Waals surface area (Å²) in [6.45, 7) is 0. The van der Waals surface area contributed by atoms with Crippen molar-refractivity contribution in [1.82, 2.24) is 0 Å². The molecule has 2 rings (SSSR count). The van der Waals surface area contributed by atoms with Crippen molar-refractivity contribution in [2.24, 2.45) is 5.92 Å². The van der Waals surface area contributed by atoms with Gasteiger partial charge in [-0.05, 0) is 0 Å². The molecule has 4 nitrogen and oxygen atoms in total. The highest BCUT2D eigenvalue weighted by Crippen LogP contribution is 2.19. The fourth-order valence-electron chi connectivity index (χ4n) is 2.27. The molecule has 0 spiro atoms. The first-order valence-corrected chi connectivity index (χ1v) is 6.97. The second kappa shape index (κ2) is 7.31. The number of carbonyl (C=O) groups excluding carboxylic acids is 2. The molecule has 22 heavy (non-hydrogen) atoms. The summed E-state index contributed by atoms with van der Waals surface area (Å²) in [6.07, 6.45) is -0.462. The average molecular weight is 296 g/mol. The number of aliphatic carboxylic acids is 1. The van der Waals surface area contributed by atoms with E-state index >= 15 is 0 Å². The van der Waals surface area contributed by atoms with Crippen molar-refractivity contribution in [2.75, 3.05) is 0 Å². The maximum atomic E-state index is 12.4. The van der Waals surface area contributed by atoms with Gasteiger partial charge in [0.2, 0.25) is 0 Å². The second-order valence-electron chi connectivity index (χ2n) is 5.02. The summed E-state index contributed by atoms with van der Waals surface area (Å²) in [5.74, 6) is -2.48. The number of carboxylic acid groups (broad SMARTS) is 1. The molecule has 2 aromatic carbocycles. The largest absolute Gasteiger partial charge is 0.481 e. The number of Topliss-reactive ketones (excluding diaryl/α,β-unsaturated/α-hetero) is 2. The van der Waals surface area contributed by atoms with Crippen LogP contribution in [0.3, 0.4) is 0 Å². The first-order valence-electron chi connectivity index (χ1n) is 6.97. The van der Waals surface area contributed by atoms with Crippen LogP contribution in [0.2, 0.25) is 0 Å². The maximum Gasteiger partial charge on any atom is 0.304 e. The molecule has 0 bridgehead atoms. The van der Waals surface area contributed by atoms with Gasteiger partial charge in [-0.1, -0.05) is 60.7 Å². The molecule has 0 fully saturated rings. The van der Waals surface area contributed by atoms with E-state index in [1.807, 2.05) is 0 Å². The molecule has 1 unspecified atom stereocenters. The van der Waals surface area contributed by atoms with Crippen LogP contribution < -0.4 is 0 Å². The van der Waals surface area contributed by atoms with Crippen LogP contribution in [0.15, 0.2) is 60.7 Å². The van der Waals surface area contributed by atoms with Crippen molar-refractivity contribution in [1.29, 1.82) is 0 Å². The van der Waals surface area contributed by atoms with Gasteiger partial charge in [-0.25, -0.2) is 0 Å². The lowest BCUT2D eigenvalue weighted by molar-refractivity contribution is -0.137. The first kappa shape index (κ1) is 15.6. The SMILES string of the molecule is O=C(O)CC(CC(=O)c1ccccc1)C(=O)c1ccccc1. The van der Waals surface area contributed by atoms with Gasteiger partial charge in [0.05, 0.1) is 6.42 Å². The van der Waals surface area contributed by atoms with Gasteiger partial charge in [-0.3, -0.25) is 14.4 Å². The molecular weight excluding hydrogens is 280 g/mol. The Morgan fingerprint density at radius 3 is 1.77 bits per heavy atom. The van der Waals surface area contributed by atoms with Gasteiger partial charge in [-0.15, -0.1) is 0 Å². The molecule has 0 aliphatic rings. The molecule has 2 aromatic rings. The Labute approximate surface area is 128 Å². The van der Waals surface area contributed by atoms with Crippen molar-refractivity contribution >= 4 is 17.5 Å². The Bertz CT molecular complexity index is 662. The van der Waals surface area contributed by atoms with E-state index in [1.165, 1.54) is 0 Å². The number of carbonyl (C=O) groups is 3. The van der Waals surface area contributed by atoms with Crippen LogP contribution in [-0.4, -0.2) is 22.6 Å². The van der Waals surface area contributed by atoms with Crippen LogP contribution in [0.25, 0.3) is 0 Å². The standard InChI is InChI=1S/C18H16O4/c19-16(13-7-3-1-4-8-13)11-15(12-17(20)21)18(22)14-9-5-2-6-10-14/h1-10,15H,11-12H2,(H,20,21). The van der Waals surface area contributed by atoms with E-state index in [1.54, 1.807) is 60.7 Å². The van der Waals surface area contributed by atoms with Crippen molar-refractivity contribution in [3.8, 4) is 0 Å². The minimum Gasteiger partial charge on any atom is -0.481 e. The van der Waals surface area contributed by atoms with E-state index in [9.17, 15) is 14.4 Å². The van der Waals surface area contributed by atoms with Crippen molar-refractivity contribution in [3.05, 3.63) is 71.8 Å². The molecule has 0 saturated carbocycles. The molecule has 0 radical (unpaired) electrons. The van der Waals surface area contributed by atoms with Gasteiger partial charge < -0.3 is 5.11 Å². The van der Waals surface area contributed by atoms with Crippen molar-refractivity contribution < 1.29 is 19.5 Å². The van der Waals surface area contributed by atoms with Crippen LogP contribution in [0, 0.1) is 5.92 Å². The minimum atomic E-state index is -1.09. The first-order chi connectivity index (χ1) is 10.6. The summed E-state index contributed by atoms with van der Waals surface area (Å²) in [6, 6.07) is 17.0. The van der Waals surface area contributed by atoms with Crippen LogP contribution in [0.4, 0.5) is 0 Å². The minimum absolute atomic E-state index is 0.107. The Kier molecular flexibility index (Phi) is 5.20. The summed E-state index contributed by atoms with van der Waals surface area (Å²) in [4.78, 5) is 35.7. The monoisotopic (exact) mass is 296 g/mol. The highest BCUT2D eigenvalue weighted by molar-refractivity contribution is 6.04. The van der Waals surface area contributed by atoms with E-state index in [2.05, 4.69) is 0 Å². The molecule has 0 aliphatic carbocycles. The molecule has 0 heterocycles. The fourth-order valence-corrected chi connectivity index (χ4v) is 2.27. The number of benzene rings is 2. The Hall–Kier alpha value is -2.75. The number of carboxylic acids is 1. The predicted molar refractivity (Wildman–Crippen MR) is 81.9 cm³/mol. The molecule has 0 amide bonds. The number of rotatable bonds is 7. The van der Waals surface area contributed by atoms with Crippen LogP contribution in [0.5, 0.6) is 0 Å². The van der Waals surface area contributed by atoms with Crippen molar-refractivity contribution in [2.45, 2.75) is 12.8 Å². The Morgan fingerprint density at radius 1 is 0.773 bits per heavy atom. The number of hydrogen-bond donors (Lipinski definition) is 1. The number of ketones is 2. The highest BCUT2D eigenvalue weighted by Gasteiger charge is 2.26. The third-order valence-corrected chi connectivity index (χ3v) is 3.38. The summed E-state index contributed by atoms with van der Waals surface area (Å²) in [5, 5.41) is 9.00. The zero-order valence-electron chi connectivity index (χ0n) is 11.9. The molecule has 4 heteroatoms. The Morgan fingerprint density at radius 2 is 1.27 bits per heavy atom. The zero-order chi connectivity index (χ0) is 15.9. The van der Waals surface area contributed by atoms with E-state index < -0.39 is 11.9 Å². The normalized spacial score (nSPS) is 11.6. The molecule has 112 valence electrons. The third kappa shape index (κ3) is 4.12. The Balaban J connectivity index is 2.18.